The molecule has 7 heteroatoms. The van der Waals surface area contributed by atoms with Gasteiger partial charge in [-0.1, -0.05) is 26.7 Å². The lowest BCUT2D eigenvalue weighted by Gasteiger charge is -2.33. The quantitative estimate of drug-likeness (QED) is 0.836. The van der Waals surface area contributed by atoms with Crippen molar-refractivity contribution >= 4 is 5.91 Å². The van der Waals surface area contributed by atoms with E-state index in [2.05, 4.69) is 18.8 Å². The number of nitrogens with zero attached hydrogens (tertiary/aromatic N) is 2. The summed E-state index contributed by atoms with van der Waals surface area (Å²) in [5.41, 5.74) is -0.558. The topological polar surface area (TPSA) is 84.4 Å². The van der Waals surface area contributed by atoms with Crippen LogP contribution < -0.4 is 11.2 Å². The van der Waals surface area contributed by atoms with Gasteiger partial charge in [0.05, 0.1) is 12.7 Å². The van der Waals surface area contributed by atoms with E-state index in [-0.39, 0.29) is 18.6 Å². The minimum Gasteiger partial charge on any atom is -0.375 e. The van der Waals surface area contributed by atoms with Gasteiger partial charge in [-0.25, -0.2) is 4.79 Å². The third kappa shape index (κ3) is 5.06. The molecule has 0 aliphatic carbocycles. The van der Waals surface area contributed by atoms with Crippen molar-refractivity contribution in [1.82, 2.24) is 14.5 Å². The summed E-state index contributed by atoms with van der Waals surface area (Å²) in [4.78, 5) is 39.6. The number of ether oxygens (including phenoxy) is 1. The van der Waals surface area contributed by atoms with Gasteiger partial charge in [-0.2, -0.15) is 0 Å². The van der Waals surface area contributed by atoms with Crippen LogP contribution in [0.3, 0.4) is 0 Å². The molecule has 1 amide bonds. The molecule has 24 heavy (non-hydrogen) atoms. The maximum atomic E-state index is 12.5. The van der Waals surface area contributed by atoms with Crippen molar-refractivity contribution in [3.05, 3.63) is 32.6 Å². The van der Waals surface area contributed by atoms with Gasteiger partial charge in [-0.05, 0) is 19.3 Å². The number of rotatable bonds is 6. The van der Waals surface area contributed by atoms with Crippen molar-refractivity contribution in [2.45, 2.75) is 52.7 Å². The Kier molecular flexibility index (Phi) is 6.36. The second-order valence-corrected chi connectivity index (χ2v) is 6.86. The van der Waals surface area contributed by atoms with Crippen LogP contribution in [0.25, 0.3) is 0 Å². The molecule has 0 radical (unpaired) electrons. The third-order valence-corrected chi connectivity index (χ3v) is 4.29. The number of amides is 1. The van der Waals surface area contributed by atoms with Gasteiger partial charge in [0.2, 0.25) is 5.91 Å². The summed E-state index contributed by atoms with van der Waals surface area (Å²) in [6.07, 6.45) is 4.68. The first-order valence-corrected chi connectivity index (χ1v) is 8.56. The Morgan fingerprint density at radius 2 is 2.17 bits per heavy atom. The van der Waals surface area contributed by atoms with E-state index in [1.807, 2.05) is 0 Å². The van der Waals surface area contributed by atoms with Crippen molar-refractivity contribution in [2.75, 3.05) is 19.7 Å². The van der Waals surface area contributed by atoms with Crippen LogP contribution in [0.1, 0.15) is 38.7 Å². The second kappa shape index (κ2) is 8.28. The van der Waals surface area contributed by atoms with E-state index in [1.165, 1.54) is 10.8 Å². The van der Waals surface area contributed by atoms with Crippen LogP contribution >= 0.6 is 0 Å². The van der Waals surface area contributed by atoms with Crippen LogP contribution in [0.5, 0.6) is 0 Å². The lowest BCUT2D eigenvalue weighted by atomic mass is 10.0. The van der Waals surface area contributed by atoms with Gasteiger partial charge in [0, 0.05) is 24.8 Å². The molecule has 0 saturated carbocycles. The van der Waals surface area contributed by atoms with Crippen LogP contribution in [0.4, 0.5) is 0 Å². The Balaban J connectivity index is 1.93. The Hall–Kier alpha value is -1.89. The molecule has 2 heterocycles. The summed E-state index contributed by atoms with van der Waals surface area (Å²) in [7, 11) is 0. The normalized spacial score (nSPS) is 18.2. The number of aromatic nitrogens is 2. The summed E-state index contributed by atoms with van der Waals surface area (Å²) in [5, 5.41) is 0. The van der Waals surface area contributed by atoms with Crippen molar-refractivity contribution in [2.24, 2.45) is 5.92 Å². The average molecular weight is 337 g/mol. The fraction of sp³-hybridized carbons (Fsp3) is 0.706. The van der Waals surface area contributed by atoms with Gasteiger partial charge in [0.25, 0.3) is 5.56 Å². The molecule has 1 saturated heterocycles. The van der Waals surface area contributed by atoms with Gasteiger partial charge in [0.1, 0.15) is 6.54 Å². The predicted molar refractivity (Wildman–Crippen MR) is 91.1 cm³/mol. The maximum Gasteiger partial charge on any atom is 0.328 e. The molecule has 134 valence electrons. The molecule has 1 atom stereocenters. The van der Waals surface area contributed by atoms with Gasteiger partial charge >= 0.3 is 5.69 Å². The Morgan fingerprint density at radius 1 is 1.42 bits per heavy atom. The lowest BCUT2D eigenvalue weighted by molar-refractivity contribution is -0.139. The molecule has 0 unspecified atom stereocenters. The number of H-pyrrole nitrogens is 1. The zero-order valence-corrected chi connectivity index (χ0v) is 14.7. The number of carbonyl (C=O) groups is 1. The number of hydrogen-bond acceptors (Lipinski definition) is 4. The standard InChI is InChI=1S/C17H27N3O4/c1-12(2)5-4-6-14-10-19(7-8-24-14)15(21)11-20-9-13(3)16(22)18-17(20)23/h9,12,14H,4-8,10-11H2,1-3H3,(H,18,22,23)/t14-/m1/s1. The van der Waals surface area contributed by atoms with E-state index in [0.717, 1.165) is 19.3 Å². The smallest absolute Gasteiger partial charge is 0.328 e. The fourth-order valence-corrected chi connectivity index (χ4v) is 2.86. The highest BCUT2D eigenvalue weighted by molar-refractivity contribution is 5.76. The second-order valence-electron chi connectivity index (χ2n) is 6.86. The van der Waals surface area contributed by atoms with Gasteiger partial charge in [-0.15, -0.1) is 0 Å². The number of aryl methyl sites for hydroxylation is 1. The van der Waals surface area contributed by atoms with E-state index >= 15 is 0 Å². The molecular formula is C17H27N3O4. The minimum atomic E-state index is -0.555. The molecule has 1 N–H and O–H groups in total. The lowest BCUT2D eigenvalue weighted by Crippen LogP contribution is -2.47. The molecule has 1 aliphatic heterocycles. The third-order valence-electron chi connectivity index (χ3n) is 4.29. The van der Waals surface area contributed by atoms with Crippen molar-refractivity contribution < 1.29 is 9.53 Å². The van der Waals surface area contributed by atoms with Crippen LogP contribution in [0.2, 0.25) is 0 Å². The van der Waals surface area contributed by atoms with Gasteiger partial charge in [0.15, 0.2) is 0 Å². The number of hydrogen-bond donors (Lipinski definition) is 1. The predicted octanol–water partition coefficient (Wildman–Crippen LogP) is 0.899. The molecular weight excluding hydrogens is 310 g/mol. The van der Waals surface area contributed by atoms with Crippen LogP contribution in [0, 0.1) is 12.8 Å². The number of aromatic amines is 1. The highest BCUT2D eigenvalue weighted by Gasteiger charge is 2.24. The summed E-state index contributed by atoms with van der Waals surface area (Å²) in [5.74, 6) is 0.544. The van der Waals surface area contributed by atoms with Gasteiger partial charge in [-0.3, -0.25) is 19.1 Å². The highest BCUT2D eigenvalue weighted by Crippen LogP contribution is 2.15. The first-order chi connectivity index (χ1) is 11.4. The maximum absolute atomic E-state index is 12.5. The molecule has 0 spiro atoms. The summed E-state index contributed by atoms with van der Waals surface area (Å²) in [6.45, 7) is 7.57. The zero-order valence-electron chi connectivity index (χ0n) is 14.7. The number of nitrogens with one attached hydrogen (secondary N) is 1. The molecule has 7 nitrogen and oxygen atoms in total. The zero-order chi connectivity index (χ0) is 17.7. The summed E-state index contributed by atoms with van der Waals surface area (Å²) >= 11 is 0. The average Bonchev–Trinajstić information content (AvgIpc) is 2.52. The molecule has 1 aromatic rings. The van der Waals surface area contributed by atoms with E-state index < -0.39 is 11.2 Å². The van der Waals surface area contributed by atoms with Crippen molar-refractivity contribution in [3.63, 3.8) is 0 Å². The molecule has 1 aliphatic rings. The summed E-state index contributed by atoms with van der Waals surface area (Å²) < 4.78 is 6.99. The van der Waals surface area contributed by atoms with Crippen LogP contribution in [0.15, 0.2) is 15.8 Å². The van der Waals surface area contributed by atoms with Crippen LogP contribution in [-0.4, -0.2) is 46.2 Å². The SMILES string of the molecule is Cc1cn(CC(=O)N2CCO[C@H](CCCC(C)C)C2)c(=O)[nH]c1=O. The highest BCUT2D eigenvalue weighted by atomic mass is 16.5. The van der Waals surface area contributed by atoms with E-state index in [0.29, 0.717) is 31.2 Å². The first kappa shape index (κ1) is 18.4. The molecule has 0 aromatic carbocycles. The largest absolute Gasteiger partial charge is 0.375 e. The summed E-state index contributed by atoms with van der Waals surface area (Å²) in [6, 6.07) is 0. The fourth-order valence-electron chi connectivity index (χ4n) is 2.86. The van der Waals surface area contributed by atoms with Crippen molar-refractivity contribution in [1.29, 1.82) is 0 Å². The minimum absolute atomic E-state index is 0.0603. The Labute approximate surface area is 141 Å². The molecule has 1 aromatic heterocycles. The first-order valence-electron chi connectivity index (χ1n) is 8.56. The number of morpholine rings is 1. The van der Waals surface area contributed by atoms with E-state index in [1.54, 1.807) is 11.8 Å². The van der Waals surface area contributed by atoms with Crippen molar-refractivity contribution in [3.8, 4) is 0 Å². The molecule has 0 bridgehead atoms. The molecule has 1 fully saturated rings. The molecule has 2 rings (SSSR count). The van der Waals surface area contributed by atoms with E-state index in [4.69, 9.17) is 4.74 Å². The van der Waals surface area contributed by atoms with E-state index in [9.17, 15) is 14.4 Å². The Bertz CT molecular complexity index is 677. The van der Waals surface area contributed by atoms with Gasteiger partial charge < -0.3 is 9.64 Å². The van der Waals surface area contributed by atoms with Crippen LogP contribution in [-0.2, 0) is 16.1 Å². The monoisotopic (exact) mass is 337 g/mol. The number of carbonyl (C=O) groups excluding carboxylic acids is 1. The Morgan fingerprint density at radius 3 is 2.88 bits per heavy atom.